The number of hydrogen-bond donors (Lipinski definition) is 2. The third-order valence-electron chi connectivity index (χ3n) is 5.30. The second-order valence-corrected chi connectivity index (χ2v) is 7.03. The van der Waals surface area contributed by atoms with Crippen LogP contribution >= 0.6 is 0 Å². The van der Waals surface area contributed by atoms with Crippen LogP contribution in [-0.2, 0) is 11.3 Å². The molecule has 0 radical (unpaired) electrons. The molecule has 152 valence electrons. The van der Waals surface area contributed by atoms with Crippen LogP contribution in [0.5, 0.6) is 17.2 Å². The number of phenols is 1. The summed E-state index contributed by atoms with van der Waals surface area (Å²) in [6.07, 6.45) is 0. The Hall–Kier alpha value is -3.03. The van der Waals surface area contributed by atoms with E-state index in [-0.39, 0.29) is 5.75 Å². The van der Waals surface area contributed by atoms with E-state index in [4.69, 9.17) is 18.6 Å². The smallest absolute Gasteiger partial charge is 0.344 e. The van der Waals surface area contributed by atoms with Gasteiger partial charge in [-0.1, -0.05) is 0 Å². The molecule has 4 rings (SSSR count). The van der Waals surface area contributed by atoms with Gasteiger partial charge in [0.2, 0.25) is 0 Å². The zero-order chi connectivity index (χ0) is 20.4. The van der Waals surface area contributed by atoms with E-state index < -0.39 is 5.63 Å². The summed E-state index contributed by atoms with van der Waals surface area (Å²) >= 11 is 0. The van der Waals surface area contributed by atoms with E-state index in [1.807, 2.05) is 0 Å². The van der Waals surface area contributed by atoms with Gasteiger partial charge in [0, 0.05) is 10.9 Å². The second-order valence-electron chi connectivity index (χ2n) is 7.03. The van der Waals surface area contributed by atoms with Crippen LogP contribution in [0.15, 0.2) is 45.6 Å². The molecule has 0 atom stereocenters. The third kappa shape index (κ3) is 3.79. The molecule has 1 saturated heterocycles. The molecule has 1 aliphatic heterocycles. The summed E-state index contributed by atoms with van der Waals surface area (Å²) in [6.45, 7) is 3.63. The Bertz CT molecular complexity index is 1080. The van der Waals surface area contributed by atoms with Crippen molar-refractivity contribution in [3.63, 3.8) is 0 Å². The van der Waals surface area contributed by atoms with Crippen molar-refractivity contribution < 1.29 is 28.6 Å². The number of fused-ring (bicyclic) bond motifs is 1. The largest absolute Gasteiger partial charge is 0.507 e. The van der Waals surface area contributed by atoms with E-state index in [9.17, 15) is 9.90 Å². The first-order chi connectivity index (χ1) is 14.1. The van der Waals surface area contributed by atoms with Crippen LogP contribution in [0.4, 0.5) is 0 Å². The number of nitrogens with one attached hydrogen (secondary N) is 1. The molecule has 2 aromatic carbocycles. The van der Waals surface area contributed by atoms with E-state index >= 15 is 0 Å². The fourth-order valence-electron chi connectivity index (χ4n) is 3.70. The van der Waals surface area contributed by atoms with Crippen LogP contribution in [0.1, 0.15) is 5.56 Å². The number of rotatable bonds is 5. The van der Waals surface area contributed by atoms with E-state index in [2.05, 4.69) is 0 Å². The number of quaternary nitrogens is 1. The lowest BCUT2D eigenvalue weighted by Gasteiger charge is -2.24. The molecule has 0 bridgehead atoms. The van der Waals surface area contributed by atoms with Gasteiger partial charge in [-0.15, -0.1) is 0 Å². The molecule has 0 spiro atoms. The van der Waals surface area contributed by atoms with E-state index in [1.54, 1.807) is 50.6 Å². The standard InChI is InChI=1S/C22H23NO6/c1-26-15-4-6-20(27-2)16(12-15)17-11-14-3-5-19(24)18(21(14)29-22(17)25)13-23-7-9-28-10-8-23/h3-6,11-12,24H,7-10,13H2,1-2H3/p+1. The Morgan fingerprint density at radius 1 is 1.03 bits per heavy atom. The molecular weight excluding hydrogens is 374 g/mol. The number of phenolic OH excluding ortho intramolecular Hbond substituents is 1. The zero-order valence-corrected chi connectivity index (χ0v) is 16.5. The molecule has 1 fully saturated rings. The van der Waals surface area contributed by atoms with Gasteiger partial charge in [0.25, 0.3) is 0 Å². The first-order valence-electron chi connectivity index (χ1n) is 9.53. The monoisotopic (exact) mass is 398 g/mol. The van der Waals surface area contributed by atoms with E-state index in [1.165, 1.54) is 4.90 Å². The normalized spacial score (nSPS) is 14.8. The number of morpholine rings is 1. The molecule has 7 heteroatoms. The highest BCUT2D eigenvalue weighted by molar-refractivity contribution is 5.86. The Morgan fingerprint density at radius 3 is 2.55 bits per heavy atom. The summed E-state index contributed by atoms with van der Waals surface area (Å²) in [6, 6.07) is 10.4. The van der Waals surface area contributed by atoms with Gasteiger partial charge in [-0.3, -0.25) is 0 Å². The molecule has 0 saturated carbocycles. The topological polar surface area (TPSA) is 82.6 Å². The minimum absolute atomic E-state index is 0.131. The Kier molecular flexibility index (Phi) is 5.42. The third-order valence-corrected chi connectivity index (χ3v) is 5.30. The predicted molar refractivity (Wildman–Crippen MR) is 108 cm³/mol. The van der Waals surface area contributed by atoms with Gasteiger partial charge in [0.15, 0.2) is 5.58 Å². The van der Waals surface area contributed by atoms with Gasteiger partial charge in [-0.05, 0) is 36.4 Å². The van der Waals surface area contributed by atoms with E-state index in [0.717, 1.165) is 18.5 Å². The highest BCUT2D eigenvalue weighted by atomic mass is 16.5. The lowest BCUT2D eigenvalue weighted by Crippen LogP contribution is -3.12. The molecular formula is C22H24NO6+. The number of aromatic hydroxyl groups is 1. The lowest BCUT2D eigenvalue weighted by molar-refractivity contribution is -0.921. The van der Waals surface area contributed by atoms with Gasteiger partial charge >= 0.3 is 5.63 Å². The maximum Gasteiger partial charge on any atom is 0.344 e. The van der Waals surface area contributed by atoms with Crippen molar-refractivity contribution in [2.75, 3.05) is 40.5 Å². The SMILES string of the molecule is COc1ccc(OC)c(-c2cc3ccc(O)c(C[NH+]4CCOCC4)c3oc2=O)c1. The molecule has 0 amide bonds. The Balaban J connectivity index is 1.83. The molecule has 3 aromatic rings. The first-order valence-corrected chi connectivity index (χ1v) is 9.53. The van der Waals surface area contributed by atoms with Crippen molar-refractivity contribution in [3.05, 3.63) is 52.4 Å². The summed E-state index contributed by atoms with van der Waals surface area (Å²) in [5.74, 6) is 1.29. The van der Waals surface area contributed by atoms with Crippen molar-refractivity contribution in [3.8, 4) is 28.4 Å². The summed E-state index contributed by atoms with van der Waals surface area (Å²) in [4.78, 5) is 14.2. The number of methoxy groups -OCH3 is 2. The zero-order valence-electron chi connectivity index (χ0n) is 16.5. The van der Waals surface area contributed by atoms with Crippen molar-refractivity contribution in [1.29, 1.82) is 0 Å². The molecule has 1 aromatic heterocycles. The van der Waals surface area contributed by atoms with Gasteiger partial charge < -0.3 is 28.6 Å². The van der Waals surface area contributed by atoms with Crippen molar-refractivity contribution in [2.24, 2.45) is 0 Å². The highest BCUT2D eigenvalue weighted by Crippen LogP contribution is 2.34. The molecule has 0 aliphatic carbocycles. The number of ether oxygens (including phenoxy) is 3. The molecule has 0 unspecified atom stereocenters. The average molecular weight is 398 g/mol. The summed E-state index contributed by atoms with van der Waals surface area (Å²) in [5, 5.41) is 11.2. The van der Waals surface area contributed by atoms with Crippen LogP contribution in [-0.4, -0.2) is 45.6 Å². The second kappa shape index (κ2) is 8.14. The maximum atomic E-state index is 12.9. The highest BCUT2D eigenvalue weighted by Gasteiger charge is 2.21. The molecule has 1 aliphatic rings. The fraction of sp³-hybridized carbons (Fsp3) is 0.318. The van der Waals surface area contributed by atoms with Crippen LogP contribution in [0.25, 0.3) is 22.1 Å². The van der Waals surface area contributed by atoms with Gasteiger partial charge in [0.05, 0.1) is 38.6 Å². The minimum Gasteiger partial charge on any atom is -0.507 e. The maximum absolute atomic E-state index is 12.9. The minimum atomic E-state index is -0.493. The van der Waals surface area contributed by atoms with Crippen molar-refractivity contribution in [1.82, 2.24) is 0 Å². The van der Waals surface area contributed by atoms with Crippen molar-refractivity contribution >= 4 is 11.0 Å². The van der Waals surface area contributed by atoms with Crippen molar-refractivity contribution in [2.45, 2.75) is 6.54 Å². The number of benzene rings is 2. The predicted octanol–water partition coefficient (Wildman–Crippen LogP) is 1.60. The van der Waals surface area contributed by atoms with Crippen LogP contribution in [0.2, 0.25) is 0 Å². The van der Waals surface area contributed by atoms with E-state index in [0.29, 0.717) is 53.5 Å². The quantitative estimate of drug-likeness (QED) is 0.636. The Morgan fingerprint density at radius 2 is 1.83 bits per heavy atom. The van der Waals surface area contributed by atoms with Crippen LogP contribution < -0.4 is 20.0 Å². The molecule has 29 heavy (non-hydrogen) atoms. The first kappa shape index (κ1) is 19.3. The van der Waals surface area contributed by atoms with Gasteiger partial charge in [-0.2, -0.15) is 0 Å². The number of hydrogen-bond acceptors (Lipinski definition) is 6. The summed E-state index contributed by atoms with van der Waals surface area (Å²) < 4.78 is 21.8. The van der Waals surface area contributed by atoms with Crippen LogP contribution in [0, 0.1) is 0 Å². The summed E-state index contributed by atoms with van der Waals surface area (Å²) in [7, 11) is 3.12. The van der Waals surface area contributed by atoms with Crippen LogP contribution in [0.3, 0.4) is 0 Å². The summed E-state index contributed by atoms with van der Waals surface area (Å²) in [5.41, 5.74) is 1.53. The Labute approximate surface area is 168 Å². The molecule has 2 N–H and O–H groups in total. The molecule has 2 heterocycles. The molecule has 7 nitrogen and oxygen atoms in total. The van der Waals surface area contributed by atoms with Gasteiger partial charge in [-0.25, -0.2) is 4.79 Å². The van der Waals surface area contributed by atoms with Gasteiger partial charge in [0.1, 0.15) is 36.9 Å². The lowest BCUT2D eigenvalue weighted by atomic mass is 10.0. The average Bonchev–Trinajstić information content (AvgIpc) is 2.76. The fourth-order valence-corrected chi connectivity index (χ4v) is 3.70.